The first-order valence-corrected chi connectivity index (χ1v) is 12.4. The van der Waals surface area contributed by atoms with Gasteiger partial charge in [0, 0.05) is 53.9 Å². The molecule has 6 rings (SSSR count). The SMILES string of the molecule is Cc1nn(C)cc1-c1cccc2cc([C@H](C)Cc3nccc4cccnc34)n(-c3ccccc3)c(=O)c12. The summed E-state index contributed by atoms with van der Waals surface area (Å²) in [5.41, 5.74) is 6.35. The zero-order chi connectivity index (χ0) is 25.5. The van der Waals surface area contributed by atoms with Crippen molar-refractivity contribution in [3.05, 3.63) is 119 Å². The first kappa shape index (κ1) is 22.9. The molecule has 0 aliphatic heterocycles. The highest BCUT2D eigenvalue weighted by atomic mass is 16.1. The van der Waals surface area contributed by atoms with E-state index in [-0.39, 0.29) is 11.5 Å². The molecule has 0 aliphatic carbocycles. The molecule has 0 saturated carbocycles. The number of para-hydroxylation sites is 1. The van der Waals surface area contributed by atoms with Crippen molar-refractivity contribution in [3.63, 3.8) is 0 Å². The van der Waals surface area contributed by atoms with E-state index in [2.05, 4.69) is 34.1 Å². The van der Waals surface area contributed by atoms with Gasteiger partial charge in [0.15, 0.2) is 0 Å². The van der Waals surface area contributed by atoms with E-state index in [9.17, 15) is 4.79 Å². The van der Waals surface area contributed by atoms with Crippen LogP contribution in [0.3, 0.4) is 0 Å². The van der Waals surface area contributed by atoms with Gasteiger partial charge in [-0.3, -0.25) is 24.0 Å². The predicted molar refractivity (Wildman–Crippen MR) is 148 cm³/mol. The molecule has 37 heavy (non-hydrogen) atoms. The Morgan fingerprint density at radius 1 is 0.865 bits per heavy atom. The summed E-state index contributed by atoms with van der Waals surface area (Å²) in [5.74, 6) is 0.0150. The lowest BCUT2D eigenvalue weighted by Gasteiger charge is -2.21. The molecule has 0 saturated heterocycles. The number of benzene rings is 2. The largest absolute Gasteiger partial charge is 0.280 e. The Balaban J connectivity index is 1.58. The van der Waals surface area contributed by atoms with Crippen molar-refractivity contribution < 1.29 is 0 Å². The molecule has 6 aromatic rings. The van der Waals surface area contributed by atoms with E-state index in [1.807, 2.05) is 91.6 Å². The Hall–Kier alpha value is -4.58. The maximum atomic E-state index is 14.3. The van der Waals surface area contributed by atoms with Gasteiger partial charge in [0.2, 0.25) is 0 Å². The standard InChI is InChI=1S/C31H27N5O/c1-20(17-27-30-22(14-16-32-27)10-8-15-33-30)28-18-23-9-7-13-25(26-19-35(3)34-21(26)2)29(23)31(37)36(28)24-11-5-4-6-12-24/h4-16,18-20H,17H2,1-3H3/t20-/m1/s1. The number of pyridine rings is 3. The average Bonchev–Trinajstić information content (AvgIpc) is 3.26. The Morgan fingerprint density at radius 2 is 1.68 bits per heavy atom. The third kappa shape index (κ3) is 4.00. The normalized spacial score (nSPS) is 12.3. The fourth-order valence-corrected chi connectivity index (χ4v) is 5.28. The molecule has 0 spiro atoms. The number of fused-ring (bicyclic) bond motifs is 2. The molecule has 6 heteroatoms. The van der Waals surface area contributed by atoms with Gasteiger partial charge in [0.1, 0.15) is 0 Å². The van der Waals surface area contributed by atoms with Gasteiger partial charge in [-0.1, -0.05) is 49.4 Å². The van der Waals surface area contributed by atoms with E-state index < -0.39 is 0 Å². The fourth-order valence-electron chi connectivity index (χ4n) is 5.28. The molecule has 4 aromatic heterocycles. The van der Waals surface area contributed by atoms with Crippen molar-refractivity contribution >= 4 is 21.7 Å². The maximum absolute atomic E-state index is 14.3. The van der Waals surface area contributed by atoms with Crippen LogP contribution in [0.4, 0.5) is 0 Å². The van der Waals surface area contributed by atoms with Crippen LogP contribution >= 0.6 is 0 Å². The Kier molecular flexibility index (Phi) is 5.64. The summed E-state index contributed by atoms with van der Waals surface area (Å²) >= 11 is 0. The predicted octanol–water partition coefficient (Wildman–Crippen LogP) is 5.99. The van der Waals surface area contributed by atoms with Gasteiger partial charge in [0.25, 0.3) is 5.56 Å². The molecule has 0 radical (unpaired) electrons. The first-order chi connectivity index (χ1) is 18.0. The van der Waals surface area contributed by atoms with Crippen molar-refractivity contribution in [1.29, 1.82) is 0 Å². The highest BCUT2D eigenvalue weighted by Crippen LogP contribution is 2.32. The summed E-state index contributed by atoms with van der Waals surface area (Å²) in [6.07, 6.45) is 6.27. The molecule has 0 fully saturated rings. The summed E-state index contributed by atoms with van der Waals surface area (Å²) in [6.45, 7) is 4.13. The highest BCUT2D eigenvalue weighted by molar-refractivity contribution is 5.97. The first-order valence-electron chi connectivity index (χ1n) is 12.4. The molecule has 0 bridgehead atoms. The second kappa shape index (κ2) is 9.13. The second-order valence-electron chi connectivity index (χ2n) is 9.55. The van der Waals surface area contributed by atoms with Crippen LogP contribution < -0.4 is 5.56 Å². The number of hydrogen-bond acceptors (Lipinski definition) is 4. The zero-order valence-corrected chi connectivity index (χ0v) is 21.1. The molecule has 0 N–H and O–H groups in total. The fraction of sp³-hybridized carbons (Fsp3) is 0.161. The molecule has 6 nitrogen and oxygen atoms in total. The highest BCUT2D eigenvalue weighted by Gasteiger charge is 2.21. The van der Waals surface area contributed by atoms with Crippen LogP contribution in [0.25, 0.3) is 38.5 Å². The van der Waals surface area contributed by atoms with E-state index >= 15 is 0 Å². The van der Waals surface area contributed by atoms with Crippen molar-refractivity contribution in [1.82, 2.24) is 24.3 Å². The quantitative estimate of drug-likeness (QED) is 0.301. The summed E-state index contributed by atoms with van der Waals surface area (Å²) < 4.78 is 3.65. The van der Waals surface area contributed by atoms with Gasteiger partial charge < -0.3 is 0 Å². The Labute approximate surface area is 214 Å². The smallest absolute Gasteiger partial charge is 0.263 e. The Bertz CT molecular complexity index is 1810. The number of hydrogen-bond donors (Lipinski definition) is 0. The molecule has 0 unspecified atom stereocenters. The van der Waals surface area contributed by atoms with Gasteiger partial charge >= 0.3 is 0 Å². The van der Waals surface area contributed by atoms with Crippen LogP contribution in [-0.4, -0.2) is 24.3 Å². The average molecular weight is 486 g/mol. The van der Waals surface area contributed by atoms with Crippen LogP contribution in [-0.2, 0) is 13.5 Å². The molecule has 0 amide bonds. The minimum absolute atomic E-state index is 0.0150. The number of rotatable bonds is 5. The number of aromatic nitrogens is 5. The van der Waals surface area contributed by atoms with Crippen molar-refractivity contribution in [3.8, 4) is 16.8 Å². The minimum Gasteiger partial charge on any atom is -0.280 e. The summed E-state index contributed by atoms with van der Waals surface area (Å²) in [6, 6.07) is 24.0. The van der Waals surface area contributed by atoms with E-state index in [0.717, 1.165) is 50.2 Å². The molecule has 0 aliphatic rings. The minimum atomic E-state index is -0.0339. The second-order valence-corrected chi connectivity index (χ2v) is 9.55. The third-order valence-electron chi connectivity index (χ3n) is 6.99. The van der Waals surface area contributed by atoms with Crippen LogP contribution in [0.1, 0.15) is 29.9 Å². The number of aryl methyl sites for hydroxylation is 2. The van der Waals surface area contributed by atoms with Crippen LogP contribution in [0, 0.1) is 6.92 Å². The lowest BCUT2D eigenvalue weighted by molar-refractivity contribution is 0.688. The molecular weight excluding hydrogens is 458 g/mol. The van der Waals surface area contributed by atoms with Crippen LogP contribution in [0.5, 0.6) is 0 Å². The van der Waals surface area contributed by atoms with Crippen molar-refractivity contribution in [2.24, 2.45) is 7.05 Å². The molecule has 182 valence electrons. The van der Waals surface area contributed by atoms with Crippen LogP contribution in [0.15, 0.2) is 96.2 Å². The van der Waals surface area contributed by atoms with Crippen molar-refractivity contribution in [2.75, 3.05) is 0 Å². The molecule has 1 atom stereocenters. The van der Waals surface area contributed by atoms with E-state index in [0.29, 0.717) is 11.8 Å². The summed E-state index contributed by atoms with van der Waals surface area (Å²) in [5, 5.41) is 7.20. The van der Waals surface area contributed by atoms with Gasteiger partial charge in [-0.25, -0.2) is 0 Å². The van der Waals surface area contributed by atoms with E-state index in [1.54, 1.807) is 10.9 Å². The lowest BCUT2D eigenvalue weighted by atomic mass is 9.94. The lowest BCUT2D eigenvalue weighted by Crippen LogP contribution is -2.24. The van der Waals surface area contributed by atoms with Crippen LogP contribution in [0.2, 0.25) is 0 Å². The third-order valence-corrected chi connectivity index (χ3v) is 6.99. The molecule has 2 aromatic carbocycles. The summed E-state index contributed by atoms with van der Waals surface area (Å²) in [4.78, 5) is 23.6. The van der Waals surface area contributed by atoms with Crippen molar-refractivity contribution in [2.45, 2.75) is 26.2 Å². The monoisotopic (exact) mass is 485 g/mol. The van der Waals surface area contributed by atoms with Gasteiger partial charge in [0.05, 0.1) is 22.3 Å². The van der Waals surface area contributed by atoms with Gasteiger partial charge in [-0.15, -0.1) is 0 Å². The maximum Gasteiger partial charge on any atom is 0.263 e. The number of nitrogens with zero attached hydrogens (tertiary/aromatic N) is 5. The van der Waals surface area contributed by atoms with E-state index in [1.165, 1.54) is 0 Å². The zero-order valence-electron chi connectivity index (χ0n) is 21.1. The molecular formula is C31H27N5O. The van der Waals surface area contributed by atoms with Gasteiger partial charge in [-0.05, 0) is 54.6 Å². The molecule has 4 heterocycles. The van der Waals surface area contributed by atoms with E-state index in [4.69, 9.17) is 0 Å². The summed E-state index contributed by atoms with van der Waals surface area (Å²) in [7, 11) is 1.90. The Morgan fingerprint density at radius 3 is 2.46 bits per heavy atom. The topological polar surface area (TPSA) is 65.6 Å². The van der Waals surface area contributed by atoms with Gasteiger partial charge in [-0.2, -0.15) is 5.10 Å².